The van der Waals surface area contributed by atoms with E-state index in [2.05, 4.69) is 24.0 Å². The van der Waals surface area contributed by atoms with E-state index in [-0.39, 0.29) is 5.92 Å². The SMILES string of the molecule is Cc1cccc2c(CC(=O)C(C)C)c[nH]c12. The first kappa shape index (κ1) is 10.9. The fourth-order valence-corrected chi connectivity index (χ4v) is 1.90. The Bertz CT molecular complexity index is 523. The first-order valence-electron chi connectivity index (χ1n) is 5.68. The fourth-order valence-electron chi connectivity index (χ4n) is 1.90. The number of fused-ring (bicyclic) bond motifs is 1. The van der Waals surface area contributed by atoms with Crippen molar-refractivity contribution in [2.75, 3.05) is 0 Å². The largest absolute Gasteiger partial charge is 0.361 e. The molecule has 0 fully saturated rings. The van der Waals surface area contributed by atoms with Gasteiger partial charge in [0.2, 0.25) is 0 Å². The number of carbonyl (C=O) groups excluding carboxylic acids is 1. The van der Waals surface area contributed by atoms with Crippen LogP contribution in [0, 0.1) is 12.8 Å². The number of ketones is 1. The Balaban J connectivity index is 2.39. The second kappa shape index (κ2) is 4.12. The number of benzene rings is 1. The van der Waals surface area contributed by atoms with Crippen molar-refractivity contribution < 1.29 is 4.79 Å². The van der Waals surface area contributed by atoms with Crippen LogP contribution in [-0.4, -0.2) is 10.8 Å². The molecule has 1 N–H and O–H groups in total. The number of aromatic amines is 1. The molecule has 2 aromatic rings. The highest BCUT2D eigenvalue weighted by Crippen LogP contribution is 2.22. The number of hydrogen-bond acceptors (Lipinski definition) is 1. The smallest absolute Gasteiger partial charge is 0.139 e. The normalized spacial score (nSPS) is 11.2. The Morgan fingerprint density at radius 3 is 2.81 bits per heavy atom. The van der Waals surface area contributed by atoms with E-state index in [1.165, 1.54) is 10.9 Å². The predicted molar refractivity (Wildman–Crippen MR) is 66.6 cm³/mol. The second-order valence-electron chi connectivity index (χ2n) is 4.61. The molecule has 0 amide bonds. The van der Waals surface area contributed by atoms with E-state index in [0.717, 1.165) is 11.1 Å². The standard InChI is InChI=1S/C14H17NO/c1-9(2)13(16)7-11-8-15-14-10(3)5-4-6-12(11)14/h4-6,8-9,15H,7H2,1-3H3. The molecule has 1 aromatic carbocycles. The van der Waals surface area contributed by atoms with Crippen LogP contribution in [0.15, 0.2) is 24.4 Å². The second-order valence-corrected chi connectivity index (χ2v) is 4.61. The number of aryl methyl sites for hydroxylation is 1. The lowest BCUT2D eigenvalue weighted by Crippen LogP contribution is -2.09. The molecule has 16 heavy (non-hydrogen) atoms. The zero-order chi connectivity index (χ0) is 11.7. The highest BCUT2D eigenvalue weighted by Gasteiger charge is 2.12. The minimum atomic E-state index is 0.106. The molecule has 0 spiro atoms. The molecular weight excluding hydrogens is 198 g/mol. The fraction of sp³-hybridized carbons (Fsp3) is 0.357. The number of Topliss-reactive ketones (excluding diaryl/α,β-unsaturated/α-hetero) is 1. The molecule has 0 atom stereocenters. The molecule has 0 bridgehead atoms. The van der Waals surface area contributed by atoms with Gasteiger partial charge in [0.05, 0.1) is 0 Å². The summed E-state index contributed by atoms with van der Waals surface area (Å²) >= 11 is 0. The summed E-state index contributed by atoms with van der Waals surface area (Å²) in [7, 11) is 0. The Morgan fingerprint density at radius 1 is 1.38 bits per heavy atom. The van der Waals surface area contributed by atoms with E-state index >= 15 is 0 Å². The molecule has 2 rings (SSSR count). The number of para-hydroxylation sites is 1. The number of nitrogens with one attached hydrogen (secondary N) is 1. The Morgan fingerprint density at radius 2 is 2.12 bits per heavy atom. The topological polar surface area (TPSA) is 32.9 Å². The molecule has 0 saturated heterocycles. The van der Waals surface area contributed by atoms with Crippen LogP contribution in [0.25, 0.3) is 10.9 Å². The van der Waals surface area contributed by atoms with Crippen LogP contribution in [-0.2, 0) is 11.2 Å². The lowest BCUT2D eigenvalue weighted by atomic mass is 10.00. The van der Waals surface area contributed by atoms with E-state index < -0.39 is 0 Å². The van der Waals surface area contributed by atoms with Gasteiger partial charge < -0.3 is 4.98 Å². The number of rotatable bonds is 3. The van der Waals surface area contributed by atoms with Crippen molar-refractivity contribution in [2.45, 2.75) is 27.2 Å². The first-order valence-corrected chi connectivity index (χ1v) is 5.68. The van der Waals surface area contributed by atoms with Crippen molar-refractivity contribution in [1.29, 1.82) is 0 Å². The van der Waals surface area contributed by atoms with Gasteiger partial charge in [-0.3, -0.25) is 4.79 Å². The van der Waals surface area contributed by atoms with Gasteiger partial charge in [-0.15, -0.1) is 0 Å². The van der Waals surface area contributed by atoms with Crippen molar-refractivity contribution in [3.05, 3.63) is 35.5 Å². The van der Waals surface area contributed by atoms with Gasteiger partial charge in [-0.1, -0.05) is 32.0 Å². The molecule has 0 aliphatic heterocycles. The summed E-state index contributed by atoms with van der Waals surface area (Å²) in [5.74, 6) is 0.400. The first-order chi connectivity index (χ1) is 7.59. The molecule has 0 unspecified atom stereocenters. The van der Waals surface area contributed by atoms with Crippen molar-refractivity contribution in [3.63, 3.8) is 0 Å². The zero-order valence-electron chi connectivity index (χ0n) is 10.0. The number of H-pyrrole nitrogens is 1. The van der Waals surface area contributed by atoms with Gasteiger partial charge in [-0.05, 0) is 18.1 Å². The predicted octanol–water partition coefficient (Wildman–Crippen LogP) is 3.24. The molecule has 0 radical (unpaired) electrons. The quantitative estimate of drug-likeness (QED) is 0.837. The average Bonchev–Trinajstić information content (AvgIpc) is 2.63. The van der Waals surface area contributed by atoms with Crippen molar-refractivity contribution >= 4 is 16.7 Å². The maximum absolute atomic E-state index is 11.7. The lowest BCUT2D eigenvalue weighted by molar-refractivity contribution is -0.121. The van der Waals surface area contributed by atoms with Crippen LogP contribution >= 0.6 is 0 Å². The average molecular weight is 215 g/mol. The van der Waals surface area contributed by atoms with Gasteiger partial charge in [0.1, 0.15) is 5.78 Å². The van der Waals surface area contributed by atoms with Gasteiger partial charge in [-0.25, -0.2) is 0 Å². The maximum atomic E-state index is 11.7. The summed E-state index contributed by atoms with van der Waals surface area (Å²) in [4.78, 5) is 15.0. The molecule has 0 aliphatic rings. The van der Waals surface area contributed by atoms with Gasteiger partial charge >= 0.3 is 0 Å². The summed E-state index contributed by atoms with van der Waals surface area (Å²) in [5.41, 5.74) is 3.48. The molecule has 0 aliphatic carbocycles. The van der Waals surface area contributed by atoms with E-state index in [1.54, 1.807) is 0 Å². The molecular formula is C14H17NO. The number of aromatic nitrogens is 1. The third kappa shape index (κ3) is 1.87. The maximum Gasteiger partial charge on any atom is 0.139 e. The van der Waals surface area contributed by atoms with Crippen molar-refractivity contribution in [1.82, 2.24) is 4.98 Å². The van der Waals surface area contributed by atoms with Gasteiger partial charge in [-0.2, -0.15) is 0 Å². The summed E-state index contributed by atoms with van der Waals surface area (Å²) in [5, 5.41) is 1.18. The highest BCUT2D eigenvalue weighted by atomic mass is 16.1. The minimum Gasteiger partial charge on any atom is -0.361 e. The van der Waals surface area contributed by atoms with E-state index in [0.29, 0.717) is 12.2 Å². The van der Waals surface area contributed by atoms with Crippen molar-refractivity contribution in [3.8, 4) is 0 Å². The van der Waals surface area contributed by atoms with Crippen LogP contribution in [0.2, 0.25) is 0 Å². The Hall–Kier alpha value is -1.57. The molecule has 2 heteroatoms. The summed E-state index contributed by atoms with van der Waals surface area (Å²) in [6.07, 6.45) is 2.49. The van der Waals surface area contributed by atoms with Crippen LogP contribution in [0.5, 0.6) is 0 Å². The highest BCUT2D eigenvalue weighted by molar-refractivity contribution is 5.91. The minimum absolute atomic E-state index is 0.106. The van der Waals surface area contributed by atoms with Crippen LogP contribution < -0.4 is 0 Å². The number of hydrogen-bond donors (Lipinski definition) is 1. The Kier molecular flexibility index (Phi) is 2.82. The number of carbonyl (C=O) groups is 1. The summed E-state index contributed by atoms with van der Waals surface area (Å²) < 4.78 is 0. The van der Waals surface area contributed by atoms with Gasteiger partial charge in [0.25, 0.3) is 0 Å². The van der Waals surface area contributed by atoms with E-state index in [4.69, 9.17) is 0 Å². The molecule has 0 saturated carbocycles. The monoisotopic (exact) mass is 215 g/mol. The molecule has 2 nitrogen and oxygen atoms in total. The van der Waals surface area contributed by atoms with E-state index in [9.17, 15) is 4.79 Å². The van der Waals surface area contributed by atoms with Gasteiger partial charge in [0.15, 0.2) is 0 Å². The van der Waals surface area contributed by atoms with Gasteiger partial charge in [0, 0.05) is 29.4 Å². The van der Waals surface area contributed by atoms with E-state index in [1.807, 2.05) is 26.1 Å². The Labute approximate surface area is 95.7 Å². The molecule has 1 aromatic heterocycles. The summed E-state index contributed by atoms with van der Waals surface area (Å²) in [6.45, 7) is 5.97. The third-order valence-corrected chi connectivity index (χ3v) is 3.02. The molecule has 1 heterocycles. The van der Waals surface area contributed by atoms with Crippen LogP contribution in [0.1, 0.15) is 25.0 Å². The summed E-state index contributed by atoms with van der Waals surface area (Å²) in [6, 6.07) is 6.18. The zero-order valence-corrected chi connectivity index (χ0v) is 10.0. The van der Waals surface area contributed by atoms with Crippen LogP contribution in [0.4, 0.5) is 0 Å². The van der Waals surface area contributed by atoms with Crippen molar-refractivity contribution in [2.24, 2.45) is 5.92 Å². The molecule has 84 valence electrons. The van der Waals surface area contributed by atoms with Crippen LogP contribution in [0.3, 0.4) is 0 Å². The lowest BCUT2D eigenvalue weighted by Gasteiger charge is -2.03. The third-order valence-electron chi connectivity index (χ3n) is 3.02.